The second kappa shape index (κ2) is 11.1. The van der Waals surface area contributed by atoms with Gasteiger partial charge in [0.2, 0.25) is 17.6 Å². The van der Waals surface area contributed by atoms with Gasteiger partial charge in [0.1, 0.15) is 12.3 Å². The van der Waals surface area contributed by atoms with Crippen LogP contribution >= 0.6 is 0 Å². The van der Waals surface area contributed by atoms with Gasteiger partial charge in [0.15, 0.2) is 23.2 Å². The van der Waals surface area contributed by atoms with Crippen LogP contribution in [-0.4, -0.2) is 54.2 Å². The zero-order valence-corrected chi connectivity index (χ0v) is 19.4. The summed E-state index contributed by atoms with van der Waals surface area (Å²) in [6, 6.07) is 8.80. The Hall–Kier alpha value is -4.35. The molecule has 0 radical (unpaired) electrons. The van der Waals surface area contributed by atoms with Crippen LogP contribution in [-0.2, 0) is 14.4 Å². The predicted octanol–water partition coefficient (Wildman–Crippen LogP) is 1.97. The molecule has 1 aliphatic rings. The molecule has 3 amide bonds. The molecule has 4 N–H and O–H groups in total. The maximum absolute atomic E-state index is 13.9. The van der Waals surface area contributed by atoms with Crippen LogP contribution in [0.15, 0.2) is 42.5 Å². The fourth-order valence-electron chi connectivity index (χ4n) is 4.01. The number of ether oxygens (including phenoxy) is 1. The van der Waals surface area contributed by atoms with Gasteiger partial charge in [0.25, 0.3) is 5.91 Å². The number of amides is 3. The number of carbonyl (C=O) groups is 4. The maximum Gasteiger partial charge on any atom is 0.268 e. The Morgan fingerprint density at radius 2 is 1.84 bits per heavy atom. The van der Waals surface area contributed by atoms with E-state index in [-0.39, 0.29) is 18.0 Å². The minimum atomic E-state index is -1.59. The first kappa shape index (κ1) is 25.7. The van der Waals surface area contributed by atoms with E-state index < -0.39 is 65.9 Å². The Labute approximate surface area is 208 Å². The highest BCUT2D eigenvalue weighted by Crippen LogP contribution is 2.24. The topological polar surface area (TPSA) is 129 Å². The lowest BCUT2D eigenvalue weighted by molar-refractivity contribution is -0.130. The van der Waals surface area contributed by atoms with Crippen molar-refractivity contribution in [2.75, 3.05) is 19.7 Å². The van der Waals surface area contributed by atoms with Gasteiger partial charge in [-0.25, -0.2) is 8.78 Å². The van der Waals surface area contributed by atoms with Gasteiger partial charge < -0.3 is 25.7 Å². The first-order valence-electron chi connectivity index (χ1n) is 11.4. The van der Waals surface area contributed by atoms with Gasteiger partial charge in [0, 0.05) is 23.4 Å². The number of aromatic amines is 1. The Bertz CT molecular complexity index is 1330. The van der Waals surface area contributed by atoms with Crippen molar-refractivity contribution in [3.63, 3.8) is 0 Å². The molecule has 0 spiro atoms. The summed E-state index contributed by atoms with van der Waals surface area (Å²) in [6.45, 7) is -0.976. The van der Waals surface area contributed by atoms with E-state index in [2.05, 4.69) is 20.9 Å². The Balaban J connectivity index is 1.39. The summed E-state index contributed by atoms with van der Waals surface area (Å²) in [5, 5.41) is 8.31. The summed E-state index contributed by atoms with van der Waals surface area (Å²) < 4.78 is 46.0. The average molecular weight is 516 g/mol. The van der Waals surface area contributed by atoms with Crippen LogP contribution < -0.4 is 20.7 Å². The number of H-pyrrole nitrogens is 1. The standard InChI is InChI=1S/C25H23F3N4O5/c26-15-5-6-16(27)23(22(15)28)37-12-20(33)18(10-14-7-8-29-24(14)35)32-21(34)11-30-25(36)19-9-13-3-1-2-4-17(13)31-19/h1-6,9,14,18,31H,7-8,10-12H2,(H,29,35)(H,30,36)(H,32,34)/t14-,18?/m0/s1. The maximum atomic E-state index is 13.9. The van der Waals surface area contributed by atoms with Crippen molar-refractivity contribution in [3.8, 4) is 5.75 Å². The Kier molecular flexibility index (Phi) is 7.75. The minimum absolute atomic E-state index is 0.0934. The number of aromatic nitrogens is 1. The van der Waals surface area contributed by atoms with E-state index in [1.54, 1.807) is 18.2 Å². The molecule has 1 aliphatic heterocycles. The van der Waals surface area contributed by atoms with Gasteiger partial charge in [0.05, 0.1) is 12.6 Å². The van der Waals surface area contributed by atoms with Crippen LogP contribution in [0.4, 0.5) is 13.2 Å². The van der Waals surface area contributed by atoms with Crippen molar-refractivity contribution in [2.45, 2.75) is 18.9 Å². The molecular weight excluding hydrogens is 493 g/mol. The third-order valence-corrected chi connectivity index (χ3v) is 5.95. The molecule has 1 saturated heterocycles. The molecule has 1 unspecified atom stereocenters. The monoisotopic (exact) mass is 516 g/mol. The lowest BCUT2D eigenvalue weighted by Crippen LogP contribution is -2.48. The fraction of sp³-hybridized carbons (Fsp3) is 0.280. The number of hydrogen-bond donors (Lipinski definition) is 4. The molecule has 0 saturated carbocycles. The third-order valence-electron chi connectivity index (χ3n) is 5.95. The van der Waals surface area contributed by atoms with Crippen LogP contribution in [0, 0.1) is 23.4 Å². The highest BCUT2D eigenvalue weighted by Gasteiger charge is 2.32. The molecule has 2 heterocycles. The number of Topliss-reactive ketones (excluding diaryl/α,β-unsaturated/α-hetero) is 1. The third kappa shape index (κ3) is 6.08. The van der Waals surface area contributed by atoms with E-state index >= 15 is 0 Å². The molecule has 0 aliphatic carbocycles. The first-order chi connectivity index (χ1) is 17.7. The second-order valence-electron chi connectivity index (χ2n) is 8.51. The van der Waals surface area contributed by atoms with Crippen LogP contribution in [0.3, 0.4) is 0 Å². The number of para-hydroxylation sites is 1. The van der Waals surface area contributed by atoms with E-state index in [1.165, 1.54) is 0 Å². The second-order valence-corrected chi connectivity index (χ2v) is 8.51. The van der Waals surface area contributed by atoms with E-state index in [4.69, 9.17) is 4.74 Å². The Morgan fingerprint density at radius 3 is 2.57 bits per heavy atom. The number of fused-ring (bicyclic) bond motifs is 1. The number of nitrogens with one attached hydrogen (secondary N) is 4. The summed E-state index contributed by atoms with van der Waals surface area (Å²) in [5.41, 5.74) is 0.973. The molecule has 3 aromatic rings. The molecule has 9 nitrogen and oxygen atoms in total. The Morgan fingerprint density at radius 1 is 1.08 bits per heavy atom. The fourth-order valence-corrected chi connectivity index (χ4v) is 4.01. The smallest absolute Gasteiger partial charge is 0.268 e. The van der Waals surface area contributed by atoms with Crippen molar-refractivity contribution in [3.05, 3.63) is 65.6 Å². The summed E-state index contributed by atoms with van der Waals surface area (Å²) in [7, 11) is 0. The van der Waals surface area contributed by atoms with Crippen molar-refractivity contribution in [2.24, 2.45) is 5.92 Å². The minimum Gasteiger partial charge on any atom is -0.480 e. The number of carbonyl (C=O) groups excluding carboxylic acids is 4. The van der Waals surface area contributed by atoms with Crippen LogP contribution in [0.2, 0.25) is 0 Å². The normalized spacial score (nSPS) is 15.8. The van der Waals surface area contributed by atoms with Crippen LogP contribution in [0.5, 0.6) is 5.75 Å². The SMILES string of the molecule is O=C(CNC(=O)c1cc2ccccc2[nH]1)NC(C[C@@H]1CCNC1=O)C(=O)COc1c(F)ccc(F)c1F. The van der Waals surface area contributed by atoms with Crippen molar-refractivity contribution >= 4 is 34.4 Å². The van der Waals surface area contributed by atoms with Gasteiger partial charge in [-0.15, -0.1) is 0 Å². The number of benzene rings is 2. The quantitative estimate of drug-likeness (QED) is 0.306. The van der Waals surface area contributed by atoms with Gasteiger partial charge in [-0.05, 0) is 37.1 Å². The van der Waals surface area contributed by atoms with E-state index in [1.807, 2.05) is 12.1 Å². The van der Waals surface area contributed by atoms with Crippen molar-refractivity contribution < 1.29 is 37.1 Å². The first-order valence-corrected chi connectivity index (χ1v) is 11.4. The molecule has 194 valence electrons. The van der Waals surface area contributed by atoms with E-state index in [0.717, 1.165) is 10.9 Å². The molecule has 2 aromatic carbocycles. The zero-order chi connectivity index (χ0) is 26.5. The number of hydrogen-bond acceptors (Lipinski definition) is 5. The van der Waals surface area contributed by atoms with Crippen molar-refractivity contribution in [1.29, 1.82) is 0 Å². The molecule has 12 heteroatoms. The van der Waals surface area contributed by atoms with Crippen LogP contribution in [0.25, 0.3) is 10.9 Å². The van der Waals surface area contributed by atoms with E-state index in [9.17, 15) is 32.3 Å². The van der Waals surface area contributed by atoms with Crippen LogP contribution in [0.1, 0.15) is 23.3 Å². The highest BCUT2D eigenvalue weighted by atomic mass is 19.2. The lowest BCUT2D eigenvalue weighted by atomic mass is 9.96. The van der Waals surface area contributed by atoms with Gasteiger partial charge in [-0.3, -0.25) is 19.2 Å². The number of rotatable bonds is 10. The lowest BCUT2D eigenvalue weighted by Gasteiger charge is -2.20. The molecule has 4 rings (SSSR count). The number of ketones is 1. The van der Waals surface area contributed by atoms with Gasteiger partial charge in [-0.2, -0.15) is 4.39 Å². The molecule has 2 atom stereocenters. The average Bonchev–Trinajstić information content (AvgIpc) is 3.50. The van der Waals surface area contributed by atoms with Gasteiger partial charge in [-0.1, -0.05) is 18.2 Å². The van der Waals surface area contributed by atoms with Crippen molar-refractivity contribution in [1.82, 2.24) is 20.9 Å². The molecule has 1 fully saturated rings. The number of halogens is 3. The molecule has 1 aromatic heterocycles. The van der Waals surface area contributed by atoms with Gasteiger partial charge >= 0.3 is 0 Å². The molecule has 0 bridgehead atoms. The van der Waals surface area contributed by atoms with E-state index in [0.29, 0.717) is 25.1 Å². The largest absolute Gasteiger partial charge is 0.480 e. The summed E-state index contributed by atoms with van der Waals surface area (Å²) in [5.74, 6) is -8.19. The highest BCUT2D eigenvalue weighted by molar-refractivity contribution is 6.00. The predicted molar refractivity (Wildman–Crippen MR) is 125 cm³/mol. The zero-order valence-electron chi connectivity index (χ0n) is 19.4. The molecule has 37 heavy (non-hydrogen) atoms. The summed E-state index contributed by atoms with van der Waals surface area (Å²) >= 11 is 0. The summed E-state index contributed by atoms with van der Waals surface area (Å²) in [4.78, 5) is 52.7. The summed E-state index contributed by atoms with van der Waals surface area (Å²) in [6.07, 6.45) is 0.327. The molecular formula is C25H23F3N4O5.